The van der Waals surface area contributed by atoms with E-state index >= 15 is 0 Å². The lowest BCUT2D eigenvalue weighted by atomic mass is 9.34. The number of nitrogens with zero attached hydrogens (tertiary/aromatic N) is 1. The van der Waals surface area contributed by atoms with Gasteiger partial charge in [0.1, 0.15) is 0 Å². The molecule has 2 atom stereocenters. The SMILES string of the molecule is CC12CCCCC1(C)N1c3cc(-c4cccc(-c5ccccc5)c4)cc4c3B(c3ccccc3S4)c3cccc2c31. The van der Waals surface area contributed by atoms with Gasteiger partial charge in [-0.2, -0.15) is 0 Å². The van der Waals surface area contributed by atoms with Gasteiger partial charge in [0.05, 0.1) is 5.54 Å². The molecule has 9 rings (SSSR count). The number of hydrogen-bond donors (Lipinski definition) is 0. The maximum atomic E-state index is 2.82. The molecule has 1 saturated carbocycles. The third-order valence-corrected chi connectivity index (χ3v) is 12.0. The Bertz CT molecular complexity index is 1880. The van der Waals surface area contributed by atoms with Crippen LogP contribution in [-0.2, 0) is 5.41 Å². The molecule has 0 spiro atoms. The van der Waals surface area contributed by atoms with Crippen LogP contribution < -0.4 is 21.3 Å². The van der Waals surface area contributed by atoms with Gasteiger partial charge in [0, 0.05) is 26.6 Å². The predicted molar refractivity (Wildman–Crippen MR) is 175 cm³/mol. The summed E-state index contributed by atoms with van der Waals surface area (Å²) in [4.78, 5) is 5.63. The van der Waals surface area contributed by atoms with Crippen molar-refractivity contribution >= 4 is 46.2 Å². The standard InChI is InChI=1S/C38H32BNS/c1-37-20-8-9-21-38(37,2)40-32-23-28(27-15-10-14-26(22-27)25-12-4-3-5-13-25)24-34-35(32)39(30-17-6-7-19-33(30)41-34)31-18-11-16-29(37)36(31)40/h3-7,10-19,22-24H,8-9,20-21H2,1-2H3. The van der Waals surface area contributed by atoms with Crippen LogP contribution in [-0.4, -0.2) is 12.3 Å². The molecule has 0 radical (unpaired) electrons. The van der Waals surface area contributed by atoms with Crippen molar-refractivity contribution in [1.29, 1.82) is 0 Å². The van der Waals surface area contributed by atoms with E-state index in [9.17, 15) is 0 Å². The quantitative estimate of drug-likeness (QED) is 0.203. The second-order valence-corrected chi connectivity index (χ2v) is 13.9. The Labute approximate surface area is 247 Å². The van der Waals surface area contributed by atoms with Crippen LogP contribution in [0.2, 0.25) is 0 Å². The van der Waals surface area contributed by atoms with E-state index < -0.39 is 0 Å². The highest BCUT2D eigenvalue weighted by atomic mass is 32.2. The Morgan fingerprint density at radius 1 is 0.634 bits per heavy atom. The van der Waals surface area contributed by atoms with Gasteiger partial charge in [-0.15, -0.1) is 0 Å². The van der Waals surface area contributed by atoms with E-state index in [1.54, 1.807) is 5.56 Å². The normalized spacial score (nSPS) is 23.0. The van der Waals surface area contributed by atoms with Crippen molar-refractivity contribution < 1.29 is 0 Å². The highest BCUT2D eigenvalue weighted by Gasteiger charge is 2.60. The van der Waals surface area contributed by atoms with E-state index in [0.29, 0.717) is 0 Å². The van der Waals surface area contributed by atoms with Crippen LogP contribution in [0.5, 0.6) is 0 Å². The first-order chi connectivity index (χ1) is 20.1. The van der Waals surface area contributed by atoms with E-state index in [-0.39, 0.29) is 17.7 Å². The van der Waals surface area contributed by atoms with E-state index in [1.807, 2.05) is 11.8 Å². The highest BCUT2D eigenvalue weighted by molar-refractivity contribution is 8.00. The van der Waals surface area contributed by atoms with Gasteiger partial charge in [-0.05, 0) is 82.8 Å². The molecule has 0 N–H and O–H groups in total. The zero-order chi connectivity index (χ0) is 27.3. The van der Waals surface area contributed by atoms with Crippen molar-refractivity contribution in [2.24, 2.45) is 0 Å². The average Bonchev–Trinajstić information content (AvgIpc) is 3.23. The van der Waals surface area contributed by atoms with Crippen molar-refractivity contribution in [2.45, 2.75) is 60.3 Å². The predicted octanol–water partition coefficient (Wildman–Crippen LogP) is 8.06. The molecule has 0 amide bonds. The van der Waals surface area contributed by atoms with E-state index in [4.69, 9.17) is 0 Å². The Balaban J connectivity index is 1.33. The van der Waals surface area contributed by atoms with E-state index in [1.165, 1.54) is 85.5 Å². The second kappa shape index (κ2) is 8.43. The first-order valence-corrected chi connectivity index (χ1v) is 15.9. The highest BCUT2D eigenvalue weighted by Crippen LogP contribution is 2.61. The lowest BCUT2D eigenvalue weighted by Gasteiger charge is -2.52. The molecule has 3 heterocycles. The number of rotatable bonds is 2. The van der Waals surface area contributed by atoms with Gasteiger partial charge in [-0.1, -0.05) is 122 Å². The van der Waals surface area contributed by atoms with E-state index in [2.05, 4.69) is 128 Å². The molecule has 41 heavy (non-hydrogen) atoms. The lowest BCUT2D eigenvalue weighted by Crippen LogP contribution is -2.63. The first-order valence-electron chi connectivity index (χ1n) is 15.1. The minimum atomic E-state index is 0.0641. The average molecular weight is 546 g/mol. The number of benzene rings is 5. The summed E-state index contributed by atoms with van der Waals surface area (Å²) in [5, 5.41) is 0. The Morgan fingerprint density at radius 3 is 2.22 bits per heavy atom. The maximum absolute atomic E-state index is 2.82. The van der Waals surface area contributed by atoms with Gasteiger partial charge < -0.3 is 4.90 Å². The number of anilines is 2. The topological polar surface area (TPSA) is 3.24 Å². The third-order valence-electron chi connectivity index (χ3n) is 10.9. The van der Waals surface area contributed by atoms with Crippen LogP contribution in [0, 0.1) is 0 Å². The lowest BCUT2D eigenvalue weighted by molar-refractivity contribution is 0.195. The van der Waals surface area contributed by atoms with Gasteiger partial charge in [0.2, 0.25) is 6.71 Å². The van der Waals surface area contributed by atoms with Crippen LogP contribution in [0.3, 0.4) is 0 Å². The van der Waals surface area contributed by atoms with Gasteiger partial charge in [-0.25, -0.2) is 0 Å². The summed E-state index contributed by atoms with van der Waals surface area (Å²) in [6, 6.07) is 41.2. The maximum Gasteiger partial charge on any atom is 0.249 e. The van der Waals surface area contributed by atoms with Crippen LogP contribution in [0.1, 0.15) is 45.1 Å². The Hall–Kier alpha value is -3.69. The molecule has 1 fully saturated rings. The molecule has 3 aliphatic heterocycles. The van der Waals surface area contributed by atoms with Crippen molar-refractivity contribution in [2.75, 3.05) is 4.90 Å². The molecule has 0 saturated heterocycles. The third kappa shape index (κ3) is 3.11. The molecular formula is C38H32BNS. The van der Waals surface area contributed by atoms with Crippen LogP contribution in [0.4, 0.5) is 11.4 Å². The molecule has 0 aromatic heterocycles. The van der Waals surface area contributed by atoms with Gasteiger partial charge in [-0.3, -0.25) is 0 Å². The molecular weight excluding hydrogens is 513 g/mol. The molecule has 1 aliphatic carbocycles. The fourth-order valence-corrected chi connectivity index (χ4v) is 9.86. The summed E-state index contributed by atoms with van der Waals surface area (Å²) < 4.78 is 0. The fraction of sp³-hybridized carbons (Fsp3) is 0.211. The number of fused-ring (bicyclic) bond motifs is 7. The van der Waals surface area contributed by atoms with Crippen molar-refractivity contribution in [1.82, 2.24) is 0 Å². The monoisotopic (exact) mass is 545 g/mol. The van der Waals surface area contributed by atoms with Crippen LogP contribution in [0.15, 0.2) is 119 Å². The molecule has 2 unspecified atom stereocenters. The molecule has 5 aromatic carbocycles. The smallest absolute Gasteiger partial charge is 0.249 e. The summed E-state index contributed by atoms with van der Waals surface area (Å²) >= 11 is 1.96. The van der Waals surface area contributed by atoms with Gasteiger partial charge in [0.15, 0.2) is 0 Å². The minimum Gasteiger partial charge on any atom is -0.335 e. The van der Waals surface area contributed by atoms with Crippen molar-refractivity contribution in [3.05, 3.63) is 115 Å². The molecule has 198 valence electrons. The molecule has 4 aliphatic rings. The summed E-state index contributed by atoms with van der Waals surface area (Å²) in [6.07, 6.45) is 5.10. The zero-order valence-electron chi connectivity index (χ0n) is 23.7. The minimum absolute atomic E-state index is 0.0641. The largest absolute Gasteiger partial charge is 0.335 e. The fourth-order valence-electron chi connectivity index (χ4n) is 8.65. The van der Waals surface area contributed by atoms with Crippen LogP contribution >= 0.6 is 11.8 Å². The second-order valence-electron chi connectivity index (χ2n) is 12.8. The first kappa shape index (κ1) is 24.0. The zero-order valence-corrected chi connectivity index (χ0v) is 24.5. The van der Waals surface area contributed by atoms with Crippen molar-refractivity contribution in [3.63, 3.8) is 0 Å². The molecule has 0 bridgehead atoms. The van der Waals surface area contributed by atoms with Crippen LogP contribution in [0.25, 0.3) is 22.3 Å². The summed E-state index contributed by atoms with van der Waals surface area (Å²) in [6.45, 7) is 5.40. The molecule has 5 aromatic rings. The molecule has 1 nitrogen and oxygen atoms in total. The summed E-state index contributed by atoms with van der Waals surface area (Å²) in [5.74, 6) is 0. The summed E-state index contributed by atoms with van der Waals surface area (Å²) in [5.41, 5.74) is 14.3. The Morgan fingerprint density at radius 2 is 1.34 bits per heavy atom. The summed E-state index contributed by atoms with van der Waals surface area (Å²) in [7, 11) is 0. The van der Waals surface area contributed by atoms with E-state index in [0.717, 1.165) is 0 Å². The van der Waals surface area contributed by atoms with Crippen molar-refractivity contribution in [3.8, 4) is 22.3 Å². The van der Waals surface area contributed by atoms with Gasteiger partial charge >= 0.3 is 0 Å². The Kier molecular flexibility index (Phi) is 4.92. The number of para-hydroxylation sites is 1. The van der Waals surface area contributed by atoms with Gasteiger partial charge in [0.25, 0.3) is 0 Å². The number of hydrogen-bond acceptors (Lipinski definition) is 2. The molecule has 3 heteroatoms.